The second-order valence-corrected chi connectivity index (χ2v) is 14.9. The van der Waals surface area contributed by atoms with E-state index in [1.54, 1.807) is 0 Å². The molecule has 0 aromatic carbocycles. The average molecular weight is 459 g/mol. The molecule has 1 N–H and O–H groups in total. The van der Waals surface area contributed by atoms with Gasteiger partial charge in [0.2, 0.25) is 0 Å². The van der Waals surface area contributed by atoms with Crippen molar-refractivity contribution in [2.75, 3.05) is 0 Å². The molecule has 4 aliphatic carbocycles. The third kappa shape index (κ3) is 3.74. The third-order valence-corrected chi connectivity index (χ3v) is 13.0. The quantitative estimate of drug-likeness (QED) is 0.431. The molecule has 2 heteroatoms. The summed E-state index contributed by atoms with van der Waals surface area (Å²) in [6.45, 7) is 19.8. The van der Waals surface area contributed by atoms with Crippen LogP contribution in [-0.4, -0.2) is 11.1 Å². The summed E-state index contributed by atoms with van der Waals surface area (Å²) in [4.78, 5) is 12.1. The van der Waals surface area contributed by atoms with Gasteiger partial charge in [-0.05, 0) is 109 Å². The molecular formula is C31H54O2. The maximum atomic E-state index is 12.1. The fourth-order valence-corrected chi connectivity index (χ4v) is 11.0. The second kappa shape index (κ2) is 8.55. The van der Waals surface area contributed by atoms with Crippen LogP contribution in [0.25, 0.3) is 0 Å². The van der Waals surface area contributed by atoms with Crippen LogP contribution < -0.4 is 0 Å². The maximum absolute atomic E-state index is 12.1. The van der Waals surface area contributed by atoms with Crippen molar-refractivity contribution in [3.63, 3.8) is 0 Å². The predicted molar refractivity (Wildman–Crippen MR) is 138 cm³/mol. The number of carboxylic acid groups (broad SMARTS) is 1. The first-order valence-corrected chi connectivity index (χ1v) is 14.5. The van der Waals surface area contributed by atoms with E-state index in [4.69, 9.17) is 0 Å². The van der Waals surface area contributed by atoms with Crippen molar-refractivity contribution in [1.82, 2.24) is 0 Å². The van der Waals surface area contributed by atoms with Gasteiger partial charge in [0.05, 0.1) is 5.92 Å². The number of hydrogen-bond acceptors (Lipinski definition) is 1. The van der Waals surface area contributed by atoms with Crippen LogP contribution >= 0.6 is 0 Å². The zero-order valence-electron chi connectivity index (χ0n) is 23.2. The Hall–Kier alpha value is -0.530. The number of carboxylic acids is 1. The van der Waals surface area contributed by atoms with Crippen LogP contribution in [0, 0.1) is 63.1 Å². The standard InChI is InChI=1S/C31H54O2/c1-20(2)10-9-11-21(3)22-15-18-31(8)24-12-13-26-28(4,5)25(27(32)33)14-17-29(26,6)23(24)16-19-30(22,31)7/h20-26H,9-19H2,1-8H3,(H,32,33). The minimum absolute atomic E-state index is 0.0887. The summed E-state index contributed by atoms with van der Waals surface area (Å²) in [5.41, 5.74) is 1.19. The molecular weight excluding hydrogens is 404 g/mol. The van der Waals surface area contributed by atoms with Crippen LogP contribution in [0.1, 0.15) is 126 Å². The minimum Gasteiger partial charge on any atom is -0.481 e. The van der Waals surface area contributed by atoms with Crippen molar-refractivity contribution in [1.29, 1.82) is 0 Å². The third-order valence-electron chi connectivity index (χ3n) is 13.0. The molecule has 0 aromatic rings. The lowest BCUT2D eigenvalue weighted by atomic mass is 9.37. The summed E-state index contributed by atoms with van der Waals surface area (Å²) in [5.74, 6) is 4.02. The van der Waals surface area contributed by atoms with Crippen molar-refractivity contribution < 1.29 is 9.90 Å². The molecule has 4 aliphatic rings. The van der Waals surface area contributed by atoms with E-state index in [9.17, 15) is 9.90 Å². The molecule has 0 saturated heterocycles. The smallest absolute Gasteiger partial charge is 0.307 e. The van der Waals surface area contributed by atoms with Crippen molar-refractivity contribution >= 4 is 5.97 Å². The van der Waals surface area contributed by atoms with Crippen LogP contribution in [0.3, 0.4) is 0 Å². The van der Waals surface area contributed by atoms with Crippen LogP contribution in [0.15, 0.2) is 0 Å². The number of rotatable bonds is 6. The zero-order valence-corrected chi connectivity index (χ0v) is 23.2. The van der Waals surface area contributed by atoms with E-state index in [0.717, 1.165) is 42.4 Å². The van der Waals surface area contributed by atoms with Gasteiger partial charge >= 0.3 is 5.97 Å². The Morgan fingerprint density at radius 3 is 2.12 bits per heavy atom. The second-order valence-electron chi connectivity index (χ2n) is 14.9. The van der Waals surface area contributed by atoms with Gasteiger partial charge in [0, 0.05) is 0 Å². The monoisotopic (exact) mass is 458 g/mol. The number of fused-ring (bicyclic) bond motifs is 5. The van der Waals surface area contributed by atoms with Crippen LogP contribution in [0.5, 0.6) is 0 Å². The number of aliphatic carboxylic acids is 1. The van der Waals surface area contributed by atoms with E-state index in [1.807, 2.05) is 0 Å². The van der Waals surface area contributed by atoms with Crippen LogP contribution in [0.4, 0.5) is 0 Å². The molecule has 2 nitrogen and oxygen atoms in total. The van der Waals surface area contributed by atoms with E-state index in [2.05, 4.69) is 55.4 Å². The molecule has 0 spiro atoms. The fraction of sp³-hybridized carbons (Fsp3) is 0.968. The van der Waals surface area contributed by atoms with Crippen molar-refractivity contribution in [3.05, 3.63) is 0 Å². The highest BCUT2D eigenvalue weighted by molar-refractivity contribution is 5.71. The van der Waals surface area contributed by atoms with Crippen LogP contribution in [0.2, 0.25) is 0 Å². The lowest BCUT2D eigenvalue weighted by Crippen LogP contribution is -2.61. The van der Waals surface area contributed by atoms with Gasteiger partial charge in [0.15, 0.2) is 0 Å². The molecule has 4 rings (SSSR count). The number of hydrogen-bond donors (Lipinski definition) is 1. The SMILES string of the molecule is CC(C)CCCC(C)C1CCC2(C)C3CCC4C(C)(C)C(C(=O)O)CCC4(C)C3CCC12C. The van der Waals surface area contributed by atoms with Crippen molar-refractivity contribution in [2.24, 2.45) is 63.1 Å². The lowest BCUT2D eigenvalue weighted by molar-refractivity contribution is -0.196. The summed E-state index contributed by atoms with van der Waals surface area (Å²) < 4.78 is 0. The molecule has 190 valence electrons. The average Bonchev–Trinajstić information content (AvgIpc) is 2.98. The first kappa shape index (κ1) is 25.6. The highest BCUT2D eigenvalue weighted by atomic mass is 16.4. The Morgan fingerprint density at radius 1 is 0.818 bits per heavy atom. The van der Waals surface area contributed by atoms with E-state index < -0.39 is 5.97 Å². The maximum Gasteiger partial charge on any atom is 0.307 e. The van der Waals surface area contributed by atoms with Gasteiger partial charge in [-0.25, -0.2) is 0 Å². The van der Waals surface area contributed by atoms with E-state index in [1.165, 1.54) is 57.8 Å². The zero-order chi connectivity index (χ0) is 24.4. The molecule has 9 atom stereocenters. The Balaban J connectivity index is 1.56. The number of carbonyl (C=O) groups is 1. The Kier molecular flexibility index (Phi) is 6.62. The normalized spacial score (nSPS) is 47.5. The Labute approximate surface area is 205 Å². The van der Waals surface area contributed by atoms with Gasteiger partial charge in [-0.1, -0.05) is 74.7 Å². The molecule has 0 aromatic heterocycles. The van der Waals surface area contributed by atoms with Crippen molar-refractivity contribution in [2.45, 2.75) is 126 Å². The van der Waals surface area contributed by atoms with Gasteiger partial charge in [0.25, 0.3) is 0 Å². The molecule has 0 amide bonds. The summed E-state index contributed by atoms with van der Waals surface area (Å²) in [7, 11) is 0. The molecule has 33 heavy (non-hydrogen) atoms. The largest absolute Gasteiger partial charge is 0.481 e. The minimum atomic E-state index is -0.558. The first-order chi connectivity index (χ1) is 15.3. The van der Waals surface area contributed by atoms with Gasteiger partial charge in [-0.15, -0.1) is 0 Å². The van der Waals surface area contributed by atoms with Crippen LogP contribution in [-0.2, 0) is 4.79 Å². The molecule has 0 aliphatic heterocycles. The summed E-state index contributed by atoms with van der Waals surface area (Å²) in [6, 6.07) is 0. The van der Waals surface area contributed by atoms with E-state index in [0.29, 0.717) is 22.2 Å². The highest BCUT2D eigenvalue weighted by Gasteiger charge is 2.67. The molecule has 9 unspecified atom stereocenters. The predicted octanol–water partition coefficient (Wildman–Crippen LogP) is 8.83. The van der Waals surface area contributed by atoms with Gasteiger partial charge < -0.3 is 5.11 Å². The summed E-state index contributed by atoms with van der Waals surface area (Å²) >= 11 is 0. The van der Waals surface area contributed by atoms with Gasteiger partial charge in [-0.2, -0.15) is 0 Å². The summed E-state index contributed by atoms with van der Waals surface area (Å²) in [6.07, 6.45) is 14.4. The first-order valence-electron chi connectivity index (χ1n) is 14.5. The Bertz CT molecular complexity index is 739. The molecule has 4 saturated carbocycles. The van der Waals surface area contributed by atoms with E-state index >= 15 is 0 Å². The summed E-state index contributed by atoms with van der Waals surface area (Å²) in [5, 5.41) is 9.95. The van der Waals surface area contributed by atoms with Gasteiger partial charge in [0.1, 0.15) is 0 Å². The molecule has 0 radical (unpaired) electrons. The Morgan fingerprint density at radius 2 is 1.48 bits per heavy atom. The topological polar surface area (TPSA) is 37.3 Å². The highest BCUT2D eigenvalue weighted by Crippen LogP contribution is 2.75. The van der Waals surface area contributed by atoms with Crippen molar-refractivity contribution in [3.8, 4) is 0 Å². The molecule has 0 heterocycles. The molecule has 4 fully saturated rings. The van der Waals surface area contributed by atoms with E-state index in [-0.39, 0.29) is 11.3 Å². The lowest BCUT2D eigenvalue weighted by Gasteiger charge is -2.67. The molecule has 0 bridgehead atoms. The van der Waals surface area contributed by atoms with Gasteiger partial charge in [-0.3, -0.25) is 4.79 Å². The fourth-order valence-electron chi connectivity index (χ4n) is 11.0.